The van der Waals surface area contributed by atoms with Crippen molar-refractivity contribution in [2.24, 2.45) is 5.92 Å². The van der Waals surface area contributed by atoms with Crippen molar-refractivity contribution >= 4 is 0 Å². The Morgan fingerprint density at radius 1 is 1.13 bits per heavy atom. The fourth-order valence-electron chi connectivity index (χ4n) is 1.69. The van der Waals surface area contributed by atoms with Gasteiger partial charge in [0.15, 0.2) is 0 Å². The maximum atomic E-state index is 5.88. The fourth-order valence-corrected chi connectivity index (χ4v) is 1.69. The van der Waals surface area contributed by atoms with E-state index >= 15 is 0 Å². The standard InChI is InChI=1S/C13H27NO/c1-12(2,3)14-11(10-7-8-10)9-15-13(4,5)6/h10-11,14H,7-9H2,1-6H3. The van der Waals surface area contributed by atoms with E-state index < -0.39 is 0 Å². The van der Waals surface area contributed by atoms with Crippen LogP contribution in [0.1, 0.15) is 54.4 Å². The lowest BCUT2D eigenvalue weighted by atomic mass is 10.0. The highest BCUT2D eigenvalue weighted by Gasteiger charge is 2.34. The molecule has 1 saturated carbocycles. The van der Waals surface area contributed by atoms with Crippen LogP contribution in [0.25, 0.3) is 0 Å². The average molecular weight is 213 g/mol. The number of nitrogens with one attached hydrogen (secondary N) is 1. The molecule has 0 aliphatic heterocycles. The highest BCUT2D eigenvalue weighted by atomic mass is 16.5. The molecule has 0 amide bonds. The quantitative estimate of drug-likeness (QED) is 0.775. The van der Waals surface area contributed by atoms with E-state index in [4.69, 9.17) is 4.74 Å². The van der Waals surface area contributed by atoms with E-state index in [0.717, 1.165) is 12.5 Å². The van der Waals surface area contributed by atoms with Crippen LogP contribution in [0, 0.1) is 5.92 Å². The van der Waals surface area contributed by atoms with E-state index in [-0.39, 0.29) is 11.1 Å². The molecule has 0 spiro atoms. The lowest BCUT2D eigenvalue weighted by molar-refractivity contribution is -0.0203. The molecule has 1 aliphatic carbocycles. The highest BCUT2D eigenvalue weighted by Crippen LogP contribution is 2.34. The predicted octanol–water partition coefficient (Wildman–Crippen LogP) is 2.97. The van der Waals surface area contributed by atoms with Crippen molar-refractivity contribution in [3.05, 3.63) is 0 Å². The molecule has 90 valence electrons. The van der Waals surface area contributed by atoms with Gasteiger partial charge < -0.3 is 10.1 Å². The van der Waals surface area contributed by atoms with Gasteiger partial charge in [-0.2, -0.15) is 0 Å². The molecule has 0 bridgehead atoms. The summed E-state index contributed by atoms with van der Waals surface area (Å²) in [6.07, 6.45) is 2.72. The summed E-state index contributed by atoms with van der Waals surface area (Å²) in [5.74, 6) is 0.839. The van der Waals surface area contributed by atoms with Crippen LogP contribution in [0.4, 0.5) is 0 Å². The Kier molecular flexibility index (Phi) is 3.83. The molecular formula is C13H27NO. The molecule has 2 heteroatoms. The zero-order chi connectivity index (χ0) is 11.7. The second-order valence-corrected chi connectivity index (χ2v) is 6.76. The van der Waals surface area contributed by atoms with Crippen molar-refractivity contribution in [3.63, 3.8) is 0 Å². The third kappa shape index (κ3) is 6.16. The van der Waals surface area contributed by atoms with Crippen molar-refractivity contribution < 1.29 is 4.74 Å². The summed E-state index contributed by atoms with van der Waals surface area (Å²) >= 11 is 0. The van der Waals surface area contributed by atoms with Crippen molar-refractivity contribution in [1.29, 1.82) is 0 Å². The predicted molar refractivity (Wildman–Crippen MR) is 65.1 cm³/mol. The van der Waals surface area contributed by atoms with Crippen LogP contribution in [-0.2, 0) is 4.74 Å². The minimum Gasteiger partial charge on any atom is -0.374 e. The Morgan fingerprint density at radius 3 is 2.00 bits per heavy atom. The zero-order valence-corrected chi connectivity index (χ0v) is 11.2. The number of rotatable bonds is 4. The van der Waals surface area contributed by atoms with Gasteiger partial charge in [0.2, 0.25) is 0 Å². The van der Waals surface area contributed by atoms with Crippen LogP contribution in [0.5, 0.6) is 0 Å². The van der Waals surface area contributed by atoms with Gasteiger partial charge in [-0.3, -0.25) is 0 Å². The largest absolute Gasteiger partial charge is 0.374 e. The topological polar surface area (TPSA) is 21.3 Å². The molecule has 15 heavy (non-hydrogen) atoms. The van der Waals surface area contributed by atoms with Gasteiger partial charge in [0, 0.05) is 11.6 Å². The minimum absolute atomic E-state index is 0.0211. The maximum absolute atomic E-state index is 5.88. The highest BCUT2D eigenvalue weighted by molar-refractivity contribution is 4.90. The van der Waals surface area contributed by atoms with E-state index in [2.05, 4.69) is 46.9 Å². The molecule has 0 radical (unpaired) electrons. The second-order valence-electron chi connectivity index (χ2n) is 6.76. The van der Waals surface area contributed by atoms with Crippen molar-refractivity contribution in [1.82, 2.24) is 5.32 Å². The van der Waals surface area contributed by atoms with Crippen molar-refractivity contribution in [2.75, 3.05) is 6.61 Å². The first-order valence-corrected chi connectivity index (χ1v) is 6.09. The molecule has 0 heterocycles. The molecule has 1 N–H and O–H groups in total. The summed E-state index contributed by atoms with van der Waals surface area (Å²) in [5.41, 5.74) is 0.168. The molecule has 1 atom stereocenters. The Hall–Kier alpha value is -0.0800. The summed E-state index contributed by atoms with van der Waals surface area (Å²) in [4.78, 5) is 0. The van der Waals surface area contributed by atoms with Crippen LogP contribution >= 0.6 is 0 Å². The first-order chi connectivity index (χ1) is 6.67. The van der Waals surface area contributed by atoms with Gasteiger partial charge in [-0.1, -0.05) is 0 Å². The third-order valence-corrected chi connectivity index (χ3v) is 2.51. The molecule has 2 nitrogen and oxygen atoms in total. The Balaban J connectivity index is 2.38. The van der Waals surface area contributed by atoms with Crippen LogP contribution in [0.15, 0.2) is 0 Å². The lowest BCUT2D eigenvalue weighted by Crippen LogP contribution is -2.48. The zero-order valence-electron chi connectivity index (χ0n) is 11.2. The molecule has 0 aromatic rings. The van der Waals surface area contributed by atoms with Gasteiger partial charge in [-0.15, -0.1) is 0 Å². The van der Waals surface area contributed by atoms with Crippen molar-refractivity contribution in [3.8, 4) is 0 Å². The van der Waals surface area contributed by atoms with Gasteiger partial charge in [0.25, 0.3) is 0 Å². The maximum Gasteiger partial charge on any atom is 0.0629 e. The van der Waals surface area contributed by atoms with E-state index in [1.165, 1.54) is 12.8 Å². The first-order valence-electron chi connectivity index (χ1n) is 6.09. The Labute approximate surface area is 94.8 Å². The minimum atomic E-state index is -0.0211. The summed E-state index contributed by atoms with van der Waals surface area (Å²) < 4.78 is 5.88. The lowest BCUT2D eigenvalue weighted by Gasteiger charge is -2.31. The summed E-state index contributed by atoms with van der Waals surface area (Å²) in [6.45, 7) is 13.9. The van der Waals surface area contributed by atoms with Crippen molar-refractivity contribution in [2.45, 2.75) is 71.6 Å². The molecular weight excluding hydrogens is 186 g/mol. The third-order valence-electron chi connectivity index (χ3n) is 2.51. The molecule has 0 aromatic heterocycles. The normalized spacial score (nSPS) is 20.4. The summed E-state index contributed by atoms with van der Waals surface area (Å²) in [5, 5.41) is 3.67. The summed E-state index contributed by atoms with van der Waals surface area (Å²) in [6, 6.07) is 0.532. The van der Waals surface area contributed by atoms with Crippen LogP contribution < -0.4 is 5.32 Å². The number of hydrogen-bond acceptors (Lipinski definition) is 2. The van der Waals surface area contributed by atoms with Crippen LogP contribution in [-0.4, -0.2) is 23.8 Å². The number of hydrogen-bond donors (Lipinski definition) is 1. The van der Waals surface area contributed by atoms with Gasteiger partial charge in [0.1, 0.15) is 0 Å². The molecule has 1 aliphatic rings. The van der Waals surface area contributed by atoms with Gasteiger partial charge in [-0.25, -0.2) is 0 Å². The smallest absolute Gasteiger partial charge is 0.0629 e. The van der Waals surface area contributed by atoms with E-state index in [0.29, 0.717) is 6.04 Å². The average Bonchev–Trinajstić information content (AvgIpc) is 2.75. The molecule has 0 aromatic carbocycles. The number of ether oxygens (including phenoxy) is 1. The van der Waals surface area contributed by atoms with Crippen LogP contribution in [0.2, 0.25) is 0 Å². The Morgan fingerprint density at radius 2 is 1.67 bits per heavy atom. The van der Waals surface area contributed by atoms with E-state index in [1.54, 1.807) is 0 Å². The fraction of sp³-hybridized carbons (Fsp3) is 1.00. The molecule has 1 unspecified atom stereocenters. The molecule has 1 rings (SSSR count). The van der Waals surface area contributed by atoms with E-state index in [1.807, 2.05) is 0 Å². The molecule has 1 fully saturated rings. The van der Waals surface area contributed by atoms with Gasteiger partial charge >= 0.3 is 0 Å². The van der Waals surface area contributed by atoms with Crippen LogP contribution in [0.3, 0.4) is 0 Å². The monoisotopic (exact) mass is 213 g/mol. The summed E-state index contributed by atoms with van der Waals surface area (Å²) in [7, 11) is 0. The Bertz CT molecular complexity index is 196. The van der Waals surface area contributed by atoms with E-state index in [9.17, 15) is 0 Å². The first kappa shape index (κ1) is 13.0. The molecule has 0 saturated heterocycles. The van der Waals surface area contributed by atoms with Gasteiger partial charge in [0.05, 0.1) is 12.2 Å². The van der Waals surface area contributed by atoms with Gasteiger partial charge in [-0.05, 0) is 60.3 Å². The SMILES string of the molecule is CC(C)(C)NC(COC(C)(C)C)C1CC1. The second kappa shape index (κ2) is 4.42.